The Labute approximate surface area is 166 Å². The van der Waals surface area contributed by atoms with E-state index in [9.17, 15) is 31.9 Å². The second kappa shape index (κ2) is 7.91. The van der Waals surface area contributed by atoms with E-state index in [0.717, 1.165) is 0 Å². The zero-order chi connectivity index (χ0) is 21.4. The molecule has 0 atom stereocenters. The molecule has 3 rings (SSSR count). The van der Waals surface area contributed by atoms with Gasteiger partial charge in [-0.3, -0.25) is 9.78 Å². The van der Waals surface area contributed by atoms with Gasteiger partial charge in [0, 0.05) is 23.7 Å². The van der Waals surface area contributed by atoms with Crippen LogP contribution in [-0.4, -0.2) is 40.4 Å². The van der Waals surface area contributed by atoms with E-state index in [1.165, 1.54) is 24.4 Å². The average molecular weight is 439 g/mol. The molecule has 0 radical (unpaired) electrons. The molecule has 1 aromatic carbocycles. The van der Waals surface area contributed by atoms with Crippen LogP contribution in [0.3, 0.4) is 0 Å². The first-order valence-corrected chi connectivity index (χ1v) is 9.00. The molecule has 29 heavy (non-hydrogen) atoms. The van der Waals surface area contributed by atoms with E-state index in [4.69, 9.17) is 11.6 Å². The number of pyridine rings is 1. The number of carbonyl (C=O) groups is 1. The third kappa shape index (κ3) is 4.69. The molecule has 0 bridgehead atoms. The van der Waals surface area contributed by atoms with Crippen LogP contribution in [0.25, 0.3) is 10.9 Å². The summed E-state index contributed by atoms with van der Waals surface area (Å²) in [6.45, 7) is -3.06. The number of nitrogens with one attached hydrogen (secondary N) is 1. The molecule has 1 aromatic heterocycles. The summed E-state index contributed by atoms with van der Waals surface area (Å²) in [4.78, 5) is 16.4. The van der Waals surface area contributed by atoms with Crippen LogP contribution in [0.15, 0.2) is 24.4 Å². The van der Waals surface area contributed by atoms with Crippen molar-refractivity contribution < 1.29 is 36.6 Å². The molecule has 2 N–H and O–H groups in total. The molecule has 1 fully saturated rings. The van der Waals surface area contributed by atoms with Crippen LogP contribution in [0.1, 0.15) is 36.0 Å². The highest BCUT2D eigenvalue weighted by atomic mass is 35.5. The number of alkyl halides is 5. The quantitative estimate of drug-likeness (QED) is 0.692. The summed E-state index contributed by atoms with van der Waals surface area (Å²) >= 11 is 5.90. The molecule has 158 valence electrons. The number of hydrogen-bond acceptors (Lipinski definition) is 4. The Morgan fingerprint density at radius 3 is 2.52 bits per heavy atom. The maximum atomic E-state index is 12.9. The Hall–Kier alpha value is -2.20. The van der Waals surface area contributed by atoms with Gasteiger partial charge in [-0.25, -0.2) is 0 Å². The lowest BCUT2D eigenvalue weighted by molar-refractivity contribution is -0.270. The zero-order valence-electron chi connectivity index (χ0n) is 14.8. The molecule has 0 saturated heterocycles. The first-order valence-electron chi connectivity index (χ1n) is 8.62. The molecular formula is C18H16ClF5N2O3. The molecule has 1 aliphatic carbocycles. The number of aliphatic hydroxyl groups is 1. The number of aromatic nitrogens is 1. The van der Waals surface area contributed by atoms with Crippen LogP contribution < -0.4 is 10.1 Å². The standard InChI is InChI=1S/C18H16ClF5N2O3/c19-12-6-9-5-10(8-25-13(9)7-14(12)29-16(20)21)15(27)26-11-1-3-17(28,4-2-11)18(22,23)24/h5-8,11,16,28H,1-4H2,(H,26,27). The van der Waals surface area contributed by atoms with E-state index < -0.39 is 43.2 Å². The number of carbonyl (C=O) groups excluding carboxylic acids is 1. The van der Waals surface area contributed by atoms with Gasteiger partial charge in [0.15, 0.2) is 5.60 Å². The number of rotatable bonds is 4. The van der Waals surface area contributed by atoms with Crippen molar-refractivity contribution in [1.82, 2.24) is 10.3 Å². The number of amides is 1. The number of fused-ring (bicyclic) bond motifs is 1. The Morgan fingerprint density at radius 1 is 1.28 bits per heavy atom. The minimum atomic E-state index is -4.71. The topological polar surface area (TPSA) is 71.5 Å². The number of halogens is 6. The summed E-state index contributed by atoms with van der Waals surface area (Å²) in [5, 5.41) is 12.6. The van der Waals surface area contributed by atoms with Crippen molar-refractivity contribution in [2.75, 3.05) is 0 Å². The van der Waals surface area contributed by atoms with Gasteiger partial charge in [0.25, 0.3) is 5.91 Å². The normalized spacial score (nSPS) is 22.7. The van der Waals surface area contributed by atoms with Crippen LogP contribution >= 0.6 is 11.6 Å². The van der Waals surface area contributed by atoms with E-state index >= 15 is 0 Å². The summed E-state index contributed by atoms with van der Waals surface area (Å²) in [6, 6.07) is 3.45. The highest BCUT2D eigenvalue weighted by Crippen LogP contribution is 2.41. The smallest absolute Gasteiger partial charge is 0.417 e. The van der Waals surface area contributed by atoms with Crippen molar-refractivity contribution in [2.45, 2.75) is 50.1 Å². The van der Waals surface area contributed by atoms with Gasteiger partial charge in [0.05, 0.1) is 16.1 Å². The minimum Gasteiger partial charge on any atom is -0.433 e. The SMILES string of the molecule is O=C(NC1CCC(O)(C(F)(F)F)CC1)c1cnc2cc(OC(F)F)c(Cl)cc2c1. The van der Waals surface area contributed by atoms with Crippen LogP contribution in [0.2, 0.25) is 5.02 Å². The first kappa shape index (κ1) is 21.5. The molecule has 1 heterocycles. The predicted octanol–water partition coefficient (Wildman–Crippen LogP) is 4.46. The van der Waals surface area contributed by atoms with Crippen molar-refractivity contribution in [3.63, 3.8) is 0 Å². The average Bonchev–Trinajstić information content (AvgIpc) is 2.62. The van der Waals surface area contributed by atoms with Crippen LogP contribution in [0, 0.1) is 0 Å². The summed E-state index contributed by atoms with van der Waals surface area (Å²) in [5.74, 6) is -0.802. The summed E-state index contributed by atoms with van der Waals surface area (Å²) < 4.78 is 67.6. The van der Waals surface area contributed by atoms with Gasteiger partial charge in [-0.05, 0) is 37.8 Å². The molecule has 11 heteroatoms. The van der Waals surface area contributed by atoms with E-state index in [1.807, 2.05) is 0 Å². The number of benzene rings is 1. The fraction of sp³-hybridized carbons (Fsp3) is 0.444. The molecule has 5 nitrogen and oxygen atoms in total. The molecule has 0 spiro atoms. The maximum Gasteiger partial charge on any atom is 0.417 e. The second-order valence-electron chi connectivity index (χ2n) is 6.85. The fourth-order valence-corrected chi connectivity index (χ4v) is 3.45. The van der Waals surface area contributed by atoms with Gasteiger partial charge in [-0.1, -0.05) is 11.6 Å². The van der Waals surface area contributed by atoms with Crippen molar-refractivity contribution in [3.8, 4) is 5.75 Å². The monoisotopic (exact) mass is 438 g/mol. The Balaban J connectivity index is 1.70. The van der Waals surface area contributed by atoms with Crippen molar-refractivity contribution in [1.29, 1.82) is 0 Å². The second-order valence-corrected chi connectivity index (χ2v) is 7.26. The minimum absolute atomic E-state index is 0.0249. The molecule has 1 aliphatic rings. The van der Waals surface area contributed by atoms with Crippen LogP contribution in [0.5, 0.6) is 5.75 Å². The van der Waals surface area contributed by atoms with Gasteiger partial charge in [-0.2, -0.15) is 22.0 Å². The number of hydrogen-bond donors (Lipinski definition) is 2. The molecular weight excluding hydrogens is 423 g/mol. The summed E-state index contributed by atoms with van der Waals surface area (Å²) in [5.41, 5.74) is -2.32. The van der Waals surface area contributed by atoms with Gasteiger partial charge in [0.2, 0.25) is 0 Å². The van der Waals surface area contributed by atoms with E-state index in [0.29, 0.717) is 5.39 Å². The van der Waals surface area contributed by atoms with Gasteiger partial charge >= 0.3 is 12.8 Å². The summed E-state index contributed by atoms with van der Waals surface area (Å²) in [6.07, 6.45) is -4.55. The zero-order valence-corrected chi connectivity index (χ0v) is 15.5. The lowest BCUT2D eigenvalue weighted by Crippen LogP contribution is -2.51. The molecule has 2 aromatic rings. The first-order chi connectivity index (χ1) is 13.5. The maximum absolute atomic E-state index is 12.9. The van der Waals surface area contributed by atoms with Gasteiger partial charge in [-0.15, -0.1) is 0 Å². The molecule has 1 amide bonds. The van der Waals surface area contributed by atoms with Crippen molar-refractivity contribution in [3.05, 3.63) is 35.0 Å². The van der Waals surface area contributed by atoms with Crippen LogP contribution in [-0.2, 0) is 0 Å². The lowest BCUT2D eigenvalue weighted by atomic mass is 9.81. The number of ether oxygens (including phenoxy) is 1. The third-order valence-corrected chi connectivity index (χ3v) is 5.18. The Morgan fingerprint density at radius 2 is 1.93 bits per heavy atom. The predicted molar refractivity (Wildman–Crippen MR) is 94.1 cm³/mol. The Bertz CT molecular complexity index is 914. The summed E-state index contributed by atoms with van der Waals surface area (Å²) in [7, 11) is 0. The molecule has 0 unspecified atom stereocenters. The highest BCUT2D eigenvalue weighted by Gasteiger charge is 2.54. The number of nitrogens with zero attached hydrogens (tertiary/aromatic N) is 1. The van der Waals surface area contributed by atoms with Crippen molar-refractivity contribution in [2.24, 2.45) is 0 Å². The fourth-order valence-electron chi connectivity index (χ4n) is 3.23. The van der Waals surface area contributed by atoms with E-state index in [2.05, 4.69) is 15.0 Å². The lowest BCUT2D eigenvalue weighted by Gasteiger charge is -2.37. The van der Waals surface area contributed by atoms with E-state index in [-0.39, 0.29) is 34.7 Å². The largest absolute Gasteiger partial charge is 0.433 e. The third-order valence-electron chi connectivity index (χ3n) is 4.89. The van der Waals surface area contributed by atoms with Gasteiger partial charge < -0.3 is 15.2 Å². The van der Waals surface area contributed by atoms with Crippen molar-refractivity contribution >= 4 is 28.4 Å². The Kier molecular flexibility index (Phi) is 5.86. The molecule has 0 aliphatic heterocycles. The van der Waals surface area contributed by atoms with E-state index in [1.54, 1.807) is 0 Å². The highest BCUT2D eigenvalue weighted by molar-refractivity contribution is 6.32. The molecule has 1 saturated carbocycles. The van der Waals surface area contributed by atoms with Crippen LogP contribution in [0.4, 0.5) is 22.0 Å². The van der Waals surface area contributed by atoms with Gasteiger partial charge in [0.1, 0.15) is 5.75 Å².